The molecule has 3 heteroatoms. The summed E-state index contributed by atoms with van der Waals surface area (Å²) in [6, 6.07) is 1.62. The van der Waals surface area contributed by atoms with Gasteiger partial charge in [0.15, 0.2) is 0 Å². The van der Waals surface area contributed by atoms with Crippen LogP contribution in [-0.2, 0) is 0 Å². The summed E-state index contributed by atoms with van der Waals surface area (Å²) in [5, 5.41) is 3.45. The largest absolute Gasteiger partial charge is 0.317 e. The van der Waals surface area contributed by atoms with Gasteiger partial charge in [-0.15, -0.1) is 0 Å². The lowest BCUT2D eigenvalue weighted by Gasteiger charge is -2.47. The first-order chi connectivity index (χ1) is 8.72. The predicted molar refractivity (Wildman–Crippen MR) is 78.0 cm³/mol. The third-order valence-corrected chi connectivity index (χ3v) is 4.99. The van der Waals surface area contributed by atoms with Crippen molar-refractivity contribution < 1.29 is 0 Å². The molecule has 2 saturated heterocycles. The Labute approximate surface area is 113 Å². The van der Waals surface area contributed by atoms with Crippen LogP contribution in [0, 0.1) is 5.92 Å². The molecule has 2 fully saturated rings. The molecule has 0 aromatic heterocycles. The van der Waals surface area contributed by atoms with Gasteiger partial charge >= 0.3 is 0 Å². The van der Waals surface area contributed by atoms with Crippen LogP contribution in [0.5, 0.6) is 0 Å². The van der Waals surface area contributed by atoms with Gasteiger partial charge in [-0.1, -0.05) is 6.92 Å². The van der Waals surface area contributed by atoms with Crippen molar-refractivity contribution in [1.29, 1.82) is 0 Å². The topological polar surface area (TPSA) is 18.5 Å². The van der Waals surface area contributed by atoms with Gasteiger partial charge in [0.2, 0.25) is 0 Å². The van der Waals surface area contributed by atoms with E-state index in [9.17, 15) is 0 Å². The maximum absolute atomic E-state index is 3.45. The van der Waals surface area contributed by atoms with E-state index in [2.05, 4.69) is 36.0 Å². The minimum Gasteiger partial charge on any atom is -0.317 e. The monoisotopic (exact) mass is 253 g/mol. The lowest BCUT2D eigenvalue weighted by Crippen LogP contribution is -2.54. The summed E-state index contributed by atoms with van der Waals surface area (Å²) in [7, 11) is 2.32. The van der Waals surface area contributed by atoms with Gasteiger partial charge in [-0.25, -0.2) is 0 Å². The highest BCUT2D eigenvalue weighted by atomic mass is 15.2. The highest BCUT2D eigenvalue weighted by Crippen LogP contribution is 2.30. The molecule has 0 aliphatic carbocycles. The molecule has 0 aromatic rings. The Morgan fingerprint density at radius 2 is 2.11 bits per heavy atom. The van der Waals surface area contributed by atoms with E-state index in [-0.39, 0.29) is 0 Å². The van der Waals surface area contributed by atoms with Crippen molar-refractivity contribution in [3.8, 4) is 0 Å². The molecule has 3 nitrogen and oxygen atoms in total. The fourth-order valence-electron chi connectivity index (χ4n) is 3.75. The SMILES string of the molecule is CCNCCC(C)N1CCC2C(CCCN2C)C1. The van der Waals surface area contributed by atoms with E-state index in [1.165, 1.54) is 51.9 Å². The number of hydrogen-bond acceptors (Lipinski definition) is 3. The molecular weight excluding hydrogens is 222 g/mol. The van der Waals surface area contributed by atoms with Crippen molar-refractivity contribution in [3.05, 3.63) is 0 Å². The molecule has 1 N–H and O–H groups in total. The Hall–Kier alpha value is -0.120. The minimum atomic E-state index is 0.747. The summed E-state index contributed by atoms with van der Waals surface area (Å²) >= 11 is 0. The van der Waals surface area contributed by atoms with E-state index in [4.69, 9.17) is 0 Å². The third kappa shape index (κ3) is 3.46. The third-order valence-electron chi connectivity index (χ3n) is 4.99. The van der Waals surface area contributed by atoms with E-state index in [1.807, 2.05) is 0 Å². The van der Waals surface area contributed by atoms with Crippen LogP contribution in [0.25, 0.3) is 0 Å². The molecule has 3 atom stereocenters. The van der Waals surface area contributed by atoms with E-state index in [1.54, 1.807) is 0 Å². The van der Waals surface area contributed by atoms with Gasteiger partial charge in [0.25, 0.3) is 0 Å². The Balaban J connectivity index is 1.79. The maximum Gasteiger partial charge on any atom is 0.0145 e. The summed E-state index contributed by atoms with van der Waals surface area (Å²) < 4.78 is 0. The molecule has 2 aliphatic rings. The number of piperidine rings is 2. The molecule has 0 amide bonds. The second-order valence-corrected chi connectivity index (χ2v) is 6.23. The Bertz CT molecular complexity index is 244. The quantitative estimate of drug-likeness (QED) is 0.754. The summed E-state index contributed by atoms with van der Waals surface area (Å²) in [6.07, 6.45) is 5.52. The van der Waals surface area contributed by atoms with Crippen molar-refractivity contribution in [2.75, 3.05) is 39.8 Å². The van der Waals surface area contributed by atoms with Crippen LogP contribution in [-0.4, -0.2) is 61.7 Å². The molecule has 3 unspecified atom stereocenters. The van der Waals surface area contributed by atoms with Crippen molar-refractivity contribution in [2.24, 2.45) is 5.92 Å². The molecule has 0 aromatic carbocycles. The van der Waals surface area contributed by atoms with Crippen LogP contribution in [0.1, 0.15) is 39.5 Å². The summed E-state index contributed by atoms with van der Waals surface area (Å²) in [5.41, 5.74) is 0. The van der Waals surface area contributed by atoms with Crippen LogP contribution in [0.2, 0.25) is 0 Å². The fourth-order valence-corrected chi connectivity index (χ4v) is 3.75. The molecule has 2 rings (SSSR count). The zero-order chi connectivity index (χ0) is 13.0. The van der Waals surface area contributed by atoms with Gasteiger partial charge in [0.1, 0.15) is 0 Å². The Morgan fingerprint density at radius 1 is 1.28 bits per heavy atom. The average Bonchev–Trinajstić information content (AvgIpc) is 2.39. The Morgan fingerprint density at radius 3 is 2.89 bits per heavy atom. The van der Waals surface area contributed by atoms with Gasteiger partial charge in [0, 0.05) is 18.6 Å². The van der Waals surface area contributed by atoms with Gasteiger partial charge in [-0.05, 0) is 71.8 Å². The van der Waals surface area contributed by atoms with Gasteiger partial charge in [0.05, 0.1) is 0 Å². The van der Waals surface area contributed by atoms with Crippen LogP contribution in [0.4, 0.5) is 0 Å². The first kappa shape index (κ1) is 14.3. The van der Waals surface area contributed by atoms with Crippen molar-refractivity contribution in [2.45, 2.75) is 51.6 Å². The van der Waals surface area contributed by atoms with Crippen molar-refractivity contribution in [3.63, 3.8) is 0 Å². The number of likely N-dealkylation sites (tertiary alicyclic amines) is 2. The smallest absolute Gasteiger partial charge is 0.0145 e. The standard InChI is InChI=1S/C15H31N3/c1-4-16-9-7-13(2)18-11-8-15-14(12-18)6-5-10-17(15)3/h13-16H,4-12H2,1-3H3. The normalized spacial score (nSPS) is 32.2. The lowest BCUT2D eigenvalue weighted by molar-refractivity contribution is 0.0219. The Kier molecular flexibility index (Phi) is 5.46. The number of nitrogens with one attached hydrogen (secondary N) is 1. The second-order valence-electron chi connectivity index (χ2n) is 6.23. The number of rotatable bonds is 5. The molecule has 2 aliphatic heterocycles. The molecule has 0 saturated carbocycles. The van der Waals surface area contributed by atoms with Gasteiger partial charge in [-0.3, -0.25) is 0 Å². The molecule has 0 radical (unpaired) electrons. The highest BCUT2D eigenvalue weighted by molar-refractivity contribution is 4.90. The lowest BCUT2D eigenvalue weighted by atomic mass is 9.83. The van der Waals surface area contributed by atoms with Gasteiger partial charge < -0.3 is 15.1 Å². The molecule has 0 bridgehead atoms. The predicted octanol–water partition coefficient (Wildman–Crippen LogP) is 1.79. The first-order valence-electron chi connectivity index (χ1n) is 7.87. The number of hydrogen-bond donors (Lipinski definition) is 1. The highest BCUT2D eigenvalue weighted by Gasteiger charge is 2.35. The zero-order valence-electron chi connectivity index (χ0n) is 12.5. The average molecular weight is 253 g/mol. The summed E-state index contributed by atoms with van der Waals surface area (Å²) in [5.74, 6) is 0.930. The van der Waals surface area contributed by atoms with Crippen LogP contribution >= 0.6 is 0 Å². The minimum absolute atomic E-state index is 0.747. The first-order valence-corrected chi connectivity index (χ1v) is 7.87. The maximum atomic E-state index is 3.45. The zero-order valence-corrected chi connectivity index (χ0v) is 12.5. The van der Waals surface area contributed by atoms with Crippen LogP contribution < -0.4 is 5.32 Å². The van der Waals surface area contributed by atoms with E-state index in [0.717, 1.165) is 24.5 Å². The number of fused-ring (bicyclic) bond motifs is 1. The summed E-state index contributed by atoms with van der Waals surface area (Å²) in [4.78, 5) is 5.34. The second kappa shape index (κ2) is 6.88. The van der Waals surface area contributed by atoms with E-state index >= 15 is 0 Å². The van der Waals surface area contributed by atoms with Crippen molar-refractivity contribution in [1.82, 2.24) is 15.1 Å². The van der Waals surface area contributed by atoms with Crippen molar-refractivity contribution >= 4 is 0 Å². The fraction of sp³-hybridized carbons (Fsp3) is 1.00. The van der Waals surface area contributed by atoms with Gasteiger partial charge in [-0.2, -0.15) is 0 Å². The molecular formula is C15H31N3. The van der Waals surface area contributed by atoms with E-state index < -0.39 is 0 Å². The molecule has 18 heavy (non-hydrogen) atoms. The summed E-state index contributed by atoms with van der Waals surface area (Å²) in [6.45, 7) is 10.8. The van der Waals surface area contributed by atoms with Crippen LogP contribution in [0.3, 0.4) is 0 Å². The number of nitrogens with zero attached hydrogens (tertiary/aromatic N) is 2. The molecule has 106 valence electrons. The molecule has 2 heterocycles. The van der Waals surface area contributed by atoms with Crippen LogP contribution in [0.15, 0.2) is 0 Å². The molecule has 0 spiro atoms. The van der Waals surface area contributed by atoms with E-state index in [0.29, 0.717) is 0 Å².